The molecule has 0 heterocycles. The largest absolute Gasteiger partial charge is 0.295 e. The van der Waals surface area contributed by atoms with Crippen molar-refractivity contribution in [2.45, 2.75) is 18.7 Å². The summed E-state index contributed by atoms with van der Waals surface area (Å²) in [4.78, 5) is 12.0. The quantitative estimate of drug-likeness (QED) is 0.540. The van der Waals surface area contributed by atoms with Crippen molar-refractivity contribution in [3.63, 3.8) is 0 Å². The van der Waals surface area contributed by atoms with Gasteiger partial charge in [-0.25, -0.2) is 0 Å². The van der Waals surface area contributed by atoms with E-state index in [2.05, 4.69) is 0 Å². The number of hydrogen-bond acceptors (Lipinski definition) is 2. The van der Waals surface area contributed by atoms with Gasteiger partial charge in [-0.3, -0.25) is 4.79 Å². The van der Waals surface area contributed by atoms with Crippen LogP contribution in [0.2, 0.25) is 0 Å². The number of hydrogen-bond donors (Lipinski definition) is 0. The number of rotatable bonds is 3. The summed E-state index contributed by atoms with van der Waals surface area (Å²) in [6.07, 6.45) is 0. The van der Waals surface area contributed by atoms with Gasteiger partial charge in [0.15, 0.2) is 5.78 Å². The second-order valence-corrected chi connectivity index (χ2v) is 3.73. The predicted octanol–water partition coefficient (Wildman–Crippen LogP) is 3.27. The molecule has 0 spiro atoms. The maximum absolute atomic E-state index is 10.9. The van der Waals surface area contributed by atoms with E-state index in [4.69, 9.17) is 0 Å². The molecule has 1 aromatic rings. The molecule has 0 fully saturated rings. The SMILES string of the molecule is CC(=O)C(C)=CSc1ccccc1. The van der Waals surface area contributed by atoms with Crippen LogP contribution in [-0.4, -0.2) is 5.78 Å². The fourth-order valence-electron chi connectivity index (χ4n) is 0.738. The zero-order valence-electron chi connectivity index (χ0n) is 7.78. The highest BCUT2D eigenvalue weighted by Gasteiger charge is 1.95. The maximum Gasteiger partial charge on any atom is 0.156 e. The van der Waals surface area contributed by atoms with Crippen LogP contribution in [0, 0.1) is 0 Å². The molecule has 0 aliphatic carbocycles. The van der Waals surface area contributed by atoms with E-state index in [9.17, 15) is 4.79 Å². The lowest BCUT2D eigenvalue weighted by molar-refractivity contribution is -0.113. The molecule has 1 rings (SSSR count). The van der Waals surface area contributed by atoms with E-state index in [1.807, 2.05) is 42.7 Å². The van der Waals surface area contributed by atoms with Gasteiger partial charge in [0, 0.05) is 4.90 Å². The molecular weight excluding hydrogens is 180 g/mol. The fourth-order valence-corrected chi connectivity index (χ4v) is 1.53. The lowest BCUT2D eigenvalue weighted by Gasteiger charge is -1.96. The third-order valence-corrected chi connectivity index (χ3v) is 2.69. The maximum atomic E-state index is 10.9. The van der Waals surface area contributed by atoms with Crippen LogP contribution in [0.4, 0.5) is 0 Å². The first-order valence-electron chi connectivity index (χ1n) is 4.09. The predicted molar refractivity (Wildman–Crippen MR) is 56.7 cm³/mol. The Balaban J connectivity index is 2.62. The molecule has 0 unspecified atom stereocenters. The topological polar surface area (TPSA) is 17.1 Å². The second kappa shape index (κ2) is 4.87. The number of ketones is 1. The standard InChI is InChI=1S/C11H12OS/c1-9(10(2)12)8-13-11-6-4-3-5-7-11/h3-8H,1-2H3. The lowest BCUT2D eigenvalue weighted by atomic mass is 10.2. The lowest BCUT2D eigenvalue weighted by Crippen LogP contribution is -1.89. The zero-order valence-corrected chi connectivity index (χ0v) is 8.60. The first kappa shape index (κ1) is 10.1. The van der Waals surface area contributed by atoms with E-state index in [1.165, 1.54) is 0 Å². The average molecular weight is 192 g/mol. The van der Waals surface area contributed by atoms with Crippen LogP contribution in [0.3, 0.4) is 0 Å². The van der Waals surface area contributed by atoms with Crippen molar-refractivity contribution in [3.8, 4) is 0 Å². The molecule has 0 N–H and O–H groups in total. The van der Waals surface area contributed by atoms with Gasteiger partial charge in [-0.2, -0.15) is 0 Å². The Kier molecular flexibility index (Phi) is 3.77. The van der Waals surface area contributed by atoms with E-state index in [0.717, 1.165) is 10.5 Å². The summed E-state index contributed by atoms with van der Waals surface area (Å²) in [5.74, 6) is 0.128. The number of allylic oxidation sites excluding steroid dienone is 1. The van der Waals surface area contributed by atoms with Gasteiger partial charge in [-0.15, -0.1) is 0 Å². The molecule has 0 aromatic heterocycles. The van der Waals surface area contributed by atoms with Gasteiger partial charge in [0.1, 0.15) is 0 Å². The van der Waals surface area contributed by atoms with Crippen molar-refractivity contribution in [2.75, 3.05) is 0 Å². The molecule has 0 saturated carbocycles. The van der Waals surface area contributed by atoms with E-state index in [-0.39, 0.29) is 5.78 Å². The molecule has 0 saturated heterocycles. The van der Waals surface area contributed by atoms with Crippen LogP contribution in [0.5, 0.6) is 0 Å². The van der Waals surface area contributed by atoms with Crippen molar-refractivity contribution in [1.82, 2.24) is 0 Å². The van der Waals surface area contributed by atoms with E-state index in [1.54, 1.807) is 18.7 Å². The summed E-state index contributed by atoms with van der Waals surface area (Å²) >= 11 is 1.57. The number of benzene rings is 1. The van der Waals surface area contributed by atoms with Crippen LogP contribution in [-0.2, 0) is 4.79 Å². The smallest absolute Gasteiger partial charge is 0.156 e. The van der Waals surface area contributed by atoms with Crippen LogP contribution < -0.4 is 0 Å². The summed E-state index contributed by atoms with van der Waals surface area (Å²) < 4.78 is 0. The van der Waals surface area contributed by atoms with Crippen molar-refractivity contribution in [2.24, 2.45) is 0 Å². The number of thioether (sulfide) groups is 1. The van der Waals surface area contributed by atoms with Gasteiger partial charge >= 0.3 is 0 Å². The average Bonchev–Trinajstić information content (AvgIpc) is 2.15. The van der Waals surface area contributed by atoms with Gasteiger partial charge in [0.25, 0.3) is 0 Å². The Morgan fingerprint density at radius 3 is 2.38 bits per heavy atom. The molecule has 0 radical (unpaired) electrons. The summed E-state index contributed by atoms with van der Waals surface area (Å²) in [7, 11) is 0. The van der Waals surface area contributed by atoms with E-state index < -0.39 is 0 Å². The molecule has 68 valence electrons. The Labute approximate surface area is 82.9 Å². The molecule has 1 nitrogen and oxygen atoms in total. The van der Waals surface area contributed by atoms with Gasteiger partial charge in [0.05, 0.1) is 0 Å². The molecule has 2 heteroatoms. The Hall–Kier alpha value is -1.02. The Morgan fingerprint density at radius 2 is 1.85 bits per heavy atom. The number of carbonyl (C=O) groups excluding carboxylic acids is 1. The first-order chi connectivity index (χ1) is 6.20. The summed E-state index contributed by atoms with van der Waals surface area (Å²) in [5.41, 5.74) is 0.800. The third-order valence-electron chi connectivity index (χ3n) is 1.67. The highest BCUT2D eigenvalue weighted by Crippen LogP contribution is 2.19. The first-order valence-corrected chi connectivity index (χ1v) is 4.97. The van der Waals surface area contributed by atoms with Crippen molar-refractivity contribution in [3.05, 3.63) is 41.3 Å². The highest BCUT2D eigenvalue weighted by molar-refractivity contribution is 8.02. The van der Waals surface area contributed by atoms with Crippen LogP contribution in [0.1, 0.15) is 13.8 Å². The van der Waals surface area contributed by atoms with Crippen molar-refractivity contribution in [1.29, 1.82) is 0 Å². The van der Waals surface area contributed by atoms with Gasteiger partial charge in [-0.05, 0) is 37.0 Å². The summed E-state index contributed by atoms with van der Waals surface area (Å²) in [6.45, 7) is 3.41. The van der Waals surface area contributed by atoms with E-state index >= 15 is 0 Å². The fraction of sp³-hybridized carbons (Fsp3) is 0.182. The second-order valence-electron chi connectivity index (χ2n) is 2.79. The molecule has 0 aliphatic heterocycles. The summed E-state index contributed by atoms with van der Waals surface area (Å²) in [5, 5.41) is 1.89. The van der Waals surface area contributed by atoms with Crippen molar-refractivity contribution >= 4 is 17.5 Å². The monoisotopic (exact) mass is 192 g/mol. The van der Waals surface area contributed by atoms with Crippen molar-refractivity contribution < 1.29 is 4.79 Å². The molecule has 1 aromatic carbocycles. The minimum atomic E-state index is 0.128. The minimum absolute atomic E-state index is 0.128. The summed E-state index contributed by atoms with van der Waals surface area (Å²) in [6, 6.07) is 9.99. The Bertz CT molecular complexity index is 314. The molecular formula is C11H12OS. The minimum Gasteiger partial charge on any atom is -0.295 e. The number of Topliss-reactive ketones (excluding diaryl/α,β-unsaturated/α-hetero) is 1. The van der Waals surface area contributed by atoms with Crippen LogP contribution >= 0.6 is 11.8 Å². The van der Waals surface area contributed by atoms with Gasteiger partial charge in [0.2, 0.25) is 0 Å². The normalized spacial score (nSPS) is 11.4. The molecule has 13 heavy (non-hydrogen) atoms. The molecule has 0 amide bonds. The molecule has 0 atom stereocenters. The highest BCUT2D eigenvalue weighted by atomic mass is 32.2. The van der Waals surface area contributed by atoms with Crippen LogP contribution in [0.15, 0.2) is 46.2 Å². The molecule has 0 aliphatic rings. The Morgan fingerprint density at radius 1 is 1.23 bits per heavy atom. The zero-order chi connectivity index (χ0) is 9.68. The van der Waals surface area contributed by atoms with Gasteiger partial charge < -0.3 is 0 Å². The van der Waals surface area contributed by atoms with Crippen LogP contribution in [0.25, 0.3) is 0 Å². The van der Waals surface area contributed by atoms with Gasteiger partial charge in [-0.1, -0.05) is 30.0 Å². The molecule has 0 bridgehead atoms. The van der Waals surface area contributed by atoms with E-state index in [0.29, 0.717) is 0 Å². The number of carbonyl (C=O) groups is 1. The third kappa shape index (κ3) is 3.47.